The molecule has 0 bridgehead atoms. The van der Waals surface area contributed by atoms with Crippen LogP contribution in [0.25, 0.3) is 6.08 Å². The van der Waals surface area contributed by atoms with Crippen LogP contribution >= 0.6 is 0 Å². The van der Waals surface area contributed by atoms with Gasteiger partial charge in [-0.1, -0.05) is 52.3 Å². The van der Waals surface area contributed by atoms with E-state index in [0.717, 1.165) is 6.42 Å². The maximum atomic E-state index is 4.20. The molecule has 0 N–H and O–H groups in total. The lowest BCUT2D eigenvalue weighted by Crippen LogP contribution is -1.83. The predicted molar refractivity (Wildman–Crippen MR) is 64.3 cm³/mol. The van der Waals surface area contributed by atoms with Crippen molar-refractivity contribution in [1.29, 1.82) is 0 Å². The van der Waals surface area contributed by atoms with E-state index in [0.29, 0.717) is 0 Å². The van der Waals surface area contributed by atoms with Crippen LogP contribution in [0.4, 0.5) is 0 Å². The third kappa shape index (κ3) is 4.22. The summed E-state index contributed by atoms with van der Waals surface area (Å²) in [7, 11) is 0. The van der Waals surface area contributed by atoms with Gasteiger partial charge >= 0.3 is 0 Å². The molecule has 0 aromatic carbocycles. The molecule has 0 atom stereocenters. The molecule has 0 fully saturated rings. The van der Waals surface area contributed by atoms with E-state index in [1.807, 2.05) is 26.1 Å². The second-order valence-corrected chi connectivity index (χ2v) is 2.85. The Bertz CT molecular complexity index is 264. The highest BCUT2D eigenvalue weighted by Gasteiger charge is 2.02. The third-order valence-electron chi connectivity index (χ3n) is 1.53. The Labute approximate surface area is 87.9 Å². The molecule has 2 rings (SSSR count). The number of nitrogens with zero attached hydrogens (tertiary/aromatic N) is 1. The summed E-state index contributed by atoms with van der Waals surface area (Å²) >= 11 is 0. The molecule has 1 heteroatoms. The van der Waals surface area contributed by atoms with E-state index in [1.54, 1.807) is 0 Å². The van der Waals surface area contributed by atoms with Crippen molar-refractivity contribution in [3.8, 4) is 0 Å². The molecule has 1 aromatic rings. The molecule has 14 heavy (non-hydrogen) atoms. The van der Waals surface area contributed by atoms with E-state index in [4.69, 9.17) is 0 Å². The first-order valence-electron chi connectivity index (χ1n) is 5.49. The Morgan fingerprint density at radius 3 is 2.50 bits per heavy atom. The van der Waals surface area contributed by atoms with Gasteiger partial charge in [-0.15, -0.1) is 0 Å². The van der Waals surface area contributed by atoms with E-state index in [2.05, 4.69) is 37.0 Å². The number of aromatic nitrogens is 1. The van der Waals surface area contributed by atoms with E-state index < -0.39 is 0 Å². The summed E-state index contributed by atoms with van der Waals surface area (Å²) < 4.78 is 0. The van der Waals surface area contributed by atoms with Gasteiger partial charge in [0.25, 0.3) is 0 Å². The number of rotatable bonds is 0. The van der Waals surface area contributed by atoms with Gasteiger partial charge in [0.05, 0.1) is 5.69 Å². The maximum Gasteiger partial charge on any atom is 0.0513 e. The lowest BCUT2D eigenvalue weighted by Gasteiger charge is -1.92. The topological polar surface area (TPSA) is 12.9 Å². The summed E-state index contributed by atoms with van der Waals surface area (Å²) in [5.41, 5.74) is 2.48. The lowest BCUT2D eigenvalue weighted by molar-refractivity contribution is 1.09. The fourth-order valence-electron chi connectivity index (χ4n) is 1.07. The van der Waals surface area contributed by atoms with E-state index in [-0.39, 0.29) is 0 Å². The van der Waals surface area contributed by atoms with Gasteiger partial charge in [-0.2, -0.15) is 0 Å². The molecule has 1 aliphatic carbocycles. The highest BCUT2D eigenvalue weighted by Crippen LogP contribution is 2.14. The predicted octanol–water partition coefficient (Wildman–Crippen LogP) is 4.09. The van der Waals surface area contributed by atoms with Gasteiger partial charge in [0.1, 0.15) is 0 Å². The van der Waals surface area contributed by atoms with Crippen LogP contribution in [0.1, 0.15) is 45.4 Å². The highest BCUT2D eigenvalue weighted by atomic mass is 14.7. The number of hydrogen-bond acceptors (Lipinski definition) is 1. The third-order valence-corrected chi connectivity index (χ3v) is 1.53. The Morgan fingerprint density at radius 1 is 1.29 bits per heavy atom. The normalized spacial score (nSPS) is 10.6. The van der Waals surface area contributed by atoms with Gasteiger partial charge in [0.2, 0.25) is 0 Å². The minimum Gasteiger partial charge on any atom is -0.260 e. The van der Waals surface area contributed by atoms with Gasteiger partial charge in [-0.25, -0.2) is 0 Å². The summed E-state index contributed by atoms with van der Waals surface area (Å²) in [6, 6.07) is 4.06. The quantitative estimate of drug-likeness (QED) is 0.602. The second-order valence-electron chi connectivity index (χ2n) is 2.85. The molecule has 1 heterocycles. The van der Waals surface area contributed by atoms with Crippen molar-refractivity contribution in [3.05, 3.63) is 35.7 Å². The van der Waals surface area contributed by atoms with Crippen LogP contribution in [0.2, 0.25) is 0 Å². The van der Waals surface area contributed by atoms with Crippen molar-refractivity contribution >= 4 is 6.08 Å². The van der Waals surface area contributed by atoms with Crippen LogP contribution in [0.3, 0.4) is 0 Å². The van der Waals surface area contributed by atoms with Crippen LogP contribution in [-0.4, -0.2) is 4.98 Å². The highest BCUT2D eigenvalue weighted by molar-refractivity contribution is 5.57. The van der Waals surface area contributed by atoms with Gasteiger partial charge in [-0.05, 0) is 11.6 Å². The lowest BCUT2D eigenvalue weighted by atomic mass is 10.2. The first-order valence-corrected chi connectivity index (χ1v) is 5.49. The van der Waals surface area contributed by atoms with Crippen LogP contribution < -0.4 is 0 Å². The fraction of sp³-hybridized carbons (Fsp3) is 0.462. The van der Waals surface area contributed by atoms with Gasteiger partial charge < -0.3 is 0 Å². The Kier molecular flexibility index (Phi) is 7.81. The molecular weight excluding hydrogens is 170 g/mol. The number of fused-ring (bicyclic) bond motifs is 1. The molecule has 0 amide bonds. The van der Waals surface area contributed by atoms with Crippen molar-refractivity contribution in [2.24, 2.45) is 0 Å². The molecule has 1 aliphatic rings. The first-order chi connectivity index (χ1) is 6.88. The summed E-state index contributed by atoms with van der Waals surface area (Å²) in [6.07, 6.45) is 8.35. The average molecular weight is 191 g/mol. The molecule has 0 spiro atoms. The summed E-state index contributed by atoms with van der Waals surface area (Å²) in [4.78, 5) is 4.20. The molecule has 1 nitrogen and oxygen atoms in total. The molecule has 0 radical (unpaired) electrons. The maximum absolute atomic E-state index is 4.20. The zero-order valence-electron chi connectivity index (χ0n) is 9.75. The molecule has 0 unspecified atom stereocenters. The number of pyridine rings is 1. The second kappa shape index (κ2) is 8.49. The van der Waals surface area contributed by atoms with Crippen molar-refractivity contribution < 1.29 is 0 Å². The monoisotopic (exact) mass is 191 g/mol. The Morgan fingerprint density at radius 2 is 1.93 bits per heavy atom. The van der Waals surface area contributed by atoms with E-state index in [1.165, 1.54) is 17.7 Å². The molecule has 0 aliphatic heterocycles. The molecule has 1 aromatic heterocycles. The van der Waals surface area contributed by atoms with Crippen LogP contribution in [-0.2, 0) is 6.42 Å². The summed E-state index contributed by atoms with van der Waals surface area (Å²) in [5.74, 6) is 0. The zero-order chi connectivity index (χ0) is 10.8. The summed E-state index contributed by atoms with van der Waals surface area (Å²) in [6.45, 7) is 8.25. The summed E-state index contributed by atoms with van der Waals surface area (Å²) in [5, 5.41) is 0. The van der Waals surface area contributed by atoms with Crippen molar-refractivity contribution in [1.82, 2.24) is 4.98 Å². The molecular formula is C13H21N. The van der Waals surface area contributed by atoms with Gasteiger partial charge in [0.15, 0.2) is 0 Å². The van der Waals surface area contributed by atoms with Crippen molar-refractivity contribution in [2.75, 3.05) is 0 Å². The minimum absolute atomic E-state index is 1.01. The average Bonchev–Trinajstić information content (AvgIpc) is 2.69. The Balaban J connectivity index is 0.000000294. The SMILES string of the molecule is C1=Cc2cccnc2C1.CC.CCC. The van der Waals surface area contributed by atoms with Crippen LogP contribution in [0.5, 0.6) is 0 Å². The zero-order valence-corrected chi connectivity index (χ0v) is 9.75. The van der Waals surface area contributed by atoms with Gasteiger partial charge in [0, 0.05) is 12.6 Å². The number of hydrogen-bond donors (Lipinski definition) is 0. The van der Waals surface area contributed by atoms with Crippen molar-refractivity contribution in [2.45, 2.75) is 40.5 Å². The van der Waals surface area contributed by atoms with E-state index in [9.17, 15) is 0 Å². The minimum atomic E-state index is 1.01. The van der Waals surface area contributed by atoms with Crippen molar-refractivity contribution in [3.63, 3.8) is 0 Å². The smallest absolute Gasteiger partial charge is 0.0513 e. The molecule has 78 valence electrons. The van der Waals surface area contributed by atoms with Crippen LogP contribution in [0.15, 0.2) is 24.4 Å². The van der Waals surface area contributed by atoms with Crippen LogP contribution in [0, 0.1) is 0 Å². The van der Waals surface area contributed by atoms with E-state index >= 15 is 0 Å². The molecule has 0 saturated heterocycles. The number of allylic oxidation sites excluding steroid dienone is 1. The molecule has 0 saturated carbocycles. The Hall–Kier alpha value is -1.11. The largest absolute Gasteiger partial charge is 0.260 e. The van der Waals surface area contributed by atoms with Gasteiger partial charge in [-0.3, -0.25) is 4.98 Å². The first kappa shape index (κ1) is 12.9. The fourth-order valence-corrected chi connectivity index (χ4v) is 1.07. The standard InChI is InChI=1S/C8H7N.C3H8.C2H6/c1-3-7-4-2-6-9-8(7)5-1;1-3-2;1-2/h1-4,6H,5H2;3H2,1-2H3;1-2H3.